The summed E-state index contributed by atoms with van der Waals surface area (Å²) in [6.45, 7) is 0. The lowest BCUT2D eigenvalue weighted by Gasteiger charge is -2.14. The predicted molar refractivity (Wildman–Crippen MR) is 87.9 cm³/mol. The van der Waals surface area contributed by atoms with Crippen molar-refractivity contribution in [1.29, 1.82) is 0 Å². The molecule has 124 valence electrons. The molecule has 0 radical (unpaired) electrons. The Bertz CT molecular complexity index is 690. The van der Waals surface area contributed by atoms with Gasteiger partial charge in [-0.1, -0.05) is 12.1 Å². The first-order valence-corrected chi connectivity index (χ1v) is 7.30. The van der Waals surface area contributed by atoms with Gasteiger partial charge in [-0.25, -0.2) is 4.39 Å². The zero-order valence-corrected chi connectivity index (χ0v) is 13.8. The summed E-state index contributed by atoms with van der Waals surface area (Å²) >= 11 is 0. The van der Waals surface area contributed by atoms with Gasteiger partial charge in [-0.15, -0.1) is 12.4 Å². The first-order chi connectivity index (χ1) is 10.6. The second-order valence-electron chi connectivity index (χ2n) is 5.68. The Balaban J connectivity index is 0.00000192. The van der Waals surface area contributed by atoms with Crippen LogP contribution in [0.1, 0.15) is 29.5 Å². The predicted octanol–water partition coefficient (Wildman–Crippen LogP) is 1.91. The first kappa shape index (κ1) is 17.4. The zero-order chi connectivity index (χ0) is 15.7. The molecule has 7 heteroatoms. The summed E-state index contributed by atoms with van der Waals surface area (Å²) in [5, 5.41) is 10.1. The topological polar surface area (TPSA) is 59.0 Å². The lowest BCUT2D eigenvalue weighted by molar-refractivity contribution is -0.123. The molecule has 23 heavy (non-hydrogen) atoms. The molecule has 1 heterocycles. The normalized spacial score (nSPS) is 20.5. The van der Waals surface area contributed by atoms with E-state index in [9.17, 15) is 9.18 Å². The van der Waals surface area contributed by atoms with Crippen LogP contribution in [0.2, 0.25) is 0 Å². The highest BCUT2D eigenvalue weighted by atomic mass is 35.5. The number of aromatic nitrogens is 2. The van der Waals surface area contributed by atoms with Gasteiger partial charge in [0.25, 0.3) is 0 Å². The van der Waals surface area contributed by atoms with E-state index in [1.165, 1.54) is 12.1 Å². The highest BCUT2D eigenvalue weighted by molar-refractivity contribution is 5.85. The maximum Gasteiger partial charge on any atom is 0.242 e. The van der Waals surface area contributed by atoms with Crippen molar-refractivity contribution in [2.45, 2.75) is 24.4 Å². The van der Waals surface area contributed by atoms with Crippen molar-refractivity contribution in [1.82, 2.24) is 20.4 Å². The van der Waals surface area contributed by atoms with E-state index in [4.69, 9.17) is 0 Å². The Morgan fingerprint density at radius 2 is 2.26 bits per heavy atom. The Hall–Kier alpha value is -1.92. The fourth-order valence-corrected chi connectivity index (χ4v) is 2.76. The third-order valence-corrected chi connectivity index (χ3v) is 4.00. The van der Waals surface area contributed by atoms with Crippen LogP contribution in [0.15, 0.2) is 36.7 Å². The summed E-state index contributed by atoms with van der Waals surface area (Å²) in [7, 11) is 3.56. The average Bonchev–Trinajstić information content (AvgIpc) is 3.12. The van der Waals surface area contributed by atoms with Gasteiger partial charge in [-0.05, 0) is 31.2 Å². The van der Waals surface area contributed by atoms with Crippen LogP contribution in [-0.4, -0.2) is 28.8 Å². The highest BCUT2D eigenvalue weighted by Crippen LogP contribution is 2.41. The van der Waals surface area contributed by atoms with Crippen molar-refractivity contribution >= 4 is 18.3 Å². The fourth-order valence-electron chi connectivity index (χ4n) is 2.76. The molecular formula is C16H20ClFN4O. The molecule has 2 aromatic rings. The summed E-state index contributed by atoms with van der Waals surface area (Å²) in [6.07, 6.45) is 4.34. The lowest BCUT2D eigenvalue weighted by Crippen LogP contribution is -2.37. The molecule has 3 unspecified atom stereocenters. The molecule has 1 fully saturated rings. The molecular weight excluding hydrogens is 319 g/mol. The van der Waals surface area contributed by atoms with Gasteiger partial charge < -0.3 is 10.6 Å². The van der Waals surface area contributed by atoms with E-state index in [1.54, 1.807) is 24.0 Å². The fraction of sp³-hybridized carbons (Fsp3) is 0.375. The van der Waals surface area contributed by atoms with E-state index in [0.717, 1.165) is 17.5 Å². The molecule has 2 N–H and O–H groups in total. The van der Waals surface area contributed by atoms with E-state index in [0.29, 0.717) is 0 Å². The van der Waals surface area contributed by atoms with Gasteiger partial charge in [0.1, 0.15) is 11.9 Å². The SMILES string of the molecule is CNC(C(=O)NC1CC1c1cccc(F)c1)c1cnn(C)c1.Cl. The number of likely N-dealkylation sites (N-methyl/N-ethyl adjacent to an activating group) is 1. The first-order valence-electron chi connectivity index (χ1n) is 7.30. The number of amides is 1. The molecule has 1 aromatic heterocycles. The monoisotopic (exact) mass is 338 g/mol. The largest absolute Gasteiger partial charge is 0.351 e. The average molecular weight is 339 g/mol. The third kappa shape index (κ3) is 3.89. The molecule has 0 bridgehead atoms. The van der Waals surface area contributed by atoms with Crippen LogP contribution in [0.3, 0.4) is 0 Å². The molecule has 3 atom stereocenters. The summed E-state index contributed by atoms with van der Waals surface area (Å²) in [5.41, 5.74) is 1.76. The van der Waals surface area contributed by atoms with Crippen LogP contribution in [0.4, 0.5) is 4.39 Å². The quantitative estimate of drug-likeness (QED) is 0.875. The summed E-state index contributed by atoms with van der Waals surface area (Å²) in [5.74, 6) is -0.122. The smallest absolute Gasteiger partial charge is 0.242 e. The molecule has 1 saturated carbocycles. The van der Waals surface area contributed by atoms with Gasteiger partial charge in [0.05, 0.1) is 6.20 Å². The van der Waals surface area contributed by atoms with Crippen LogP contribution in [-0.2, 0) is 11.8 Å². The molecule has 3 rings (SSSR count). The molecule has 0 saturated heterocycles. The number of nitrogens with one attached hydrogen (secondary N) is 2. The van der Waals surface area contributed by atoms with Crippen molar-refractivity contribution in [2.24, 2.45) is 7.05 Å². The van der Waals surface area contributed by atoms with E-state index < -0.39 is 6.04 Å². The van der Waals surface area contributed by atoms with Gasteiger partial charge in [0, 0.05) is 30.8 Å². The Morgan fingerprint density at radius 3 is 2.87 bits per heavy atom. The van der Waals surface area contributed by atoms with Crippen LogP contribution in [0.25, 0.3) is 0 Å². The lowest BCUT2D eigenvalue weighted by atomic mass is 10.1. The van der Waals surface area contributed by atoms with E-state index in [-0.39, 0.29) is 36.1 Å². The molecule has 5 nitrogen and oxygen atoms in total. The number of aryl methyl sites for hydroxylation is 1. The number of carbonyl (C=O) groups is 1. The minimum absolute atomic E-state index is 0. The highest BCUT2D eigenvalue weighted by Gasteiger charge is 2.40. The van der Waals surface area contributed by atoms with Crippen LogP contribution >= 0.6 is 12.4 Å². The third-order valence-electron chi connectivity index (χ3n) is 4.00. The number of rotatable bonds is 5. The van der Waals surface area contributed by atoms with Crippen LogP contribution in [0.5, 0.6) is 0 Å². The Kier molecular flexibility index (Phi) is 5.38. The zero-order valence-electron chi connectivity index (χ0n) is 13.0. The van der Waals surface area contributed by atoms with Crippen LogP contribution < -0.4 is 10.6 Å². The van der Waals surface area contributed by atoms with Crippen molar-refractivity contribution in [3.63, 3.8) is 0 Å². The number of carbonyl (C=O) groups excluding carboxylic acids is 1. The molecule has 1 aliphatic carbocycles. The summed E-state index contributed by atoms with van der Waals surface area (Å²) in [6, 6.07) is 6.21. The van der Waals surface area contributed by atoms with Crippen LogP contribution in [0, 0.1) is 5.82 Å². The van der Waals surface area contributed by atoms with Gasteiger partial charge in [0.2, 0.25) is 5.91 Å². The standard InChI is InChI=1S/C16H19FN4O.ClH/c1-18-15(11-8-19-21(2)9-11)16(22)20-14-7-13(14)10-4-3-5-12(17)6-10;/h3-6,8-9,13-15,18H,7H2,1-2H3,(H,20,22);1H. The summed E-state index contributed by atoms with van der Waals surface area (Å²) in [4.78, 5) is 12.4. The number of halogens is 2. The molecule has 1 aromatic carbocycles. The second-order valence-corrected chi connectivity index (χ2v) is 5.68. The van der Waals surface area contributed by atoms with Gasteiger partial charge in [-0.2, -0.15) is 5.10 Å². The van der Waals surface area contributed by atoms with E-state index in [2.05, 4.69) is 15.7 Å². The number of benzene rings is 1. The van der Waals surface area contributed by atoms with Crippen molar-refractivity contribution in [3.05, 3.63) is 53.6 Å². The van der Waals surface area contributed by atoms with E-state index >= 15 is 0 Å². The molecule has 0 spiro atoms. The van der Waals surface area contributed by atoms with Crippen molar-refractivity contribution in [2.75, 3.05) is 7.05 Å². The number of hydrogen-bond donors (Lipinski definition) is 2. The maximum absolute atomic E-state index is 13.2. The minimum atomic E-state index is -0.428. The van der Waals surface area contributed by atoms with Gasteiger partial charge in [-0.3, -0.25) is 9.48 Å². The van der Waals surface area contributed by atoms with E-state index in [1.807, 2.05) is 19.3 Å². The van der Waals surface area contributed by atoms with Gasteiger partial charge >= 0.3 is 0 Å². The molecule has 1 aliphatic rings. The van der Waals surface area contributed by atoms with Crippen molar-refractivity contribution < 1.29 is 9.18 Å². The number of hydrogen-bond acceptors (Lipinski definition) is 3. The second kappa shape index (κ2) is 7.10. The maximum atomic E-state index is 13.2. The van der Waals surface area contributed by atoms with Crippen molar-refractivity contribution in [3.8, 4) is 0 Å². The minimum Gasteiger partial charge on any atom is -0.351 e. The Morgan fingerprint density at radius 1 is 1.48 bits per heavy atom. The number of nitrogens with zero attached hydrogens (tertiary/aromatic N) is 2. The van der Waals surface area contributed by atoms with Gasteiger partial charge in [0.15, 0.2) is 0 Å². The molecule has 1 amide bonds. The summed E-state index contributed by atoms with van der Waals surface area (Å²) < 4.78 is 14.9. The Labute approximate surface area is 140 Å². The molecule has 0 aliphatic heterocycles.